The number of unbranched alkanes of at least 4 members (excludes halogenated alkanes) is 1. The summed E-state index contributed by atoms with van der Waals surface area (Å²) in [6.07, 6.45) is 1.64. The van der Waals surface area contributed by atoms with Crippen molar-refractivity contribution in [3.63, 3.8) is 0 Å². The molecular formula is C14H26N2O4. The highest BCUT2D eigenvalue weighted by Crippen LogP contribution is 2.16. The van der Waals surface area contributed by atoms with Crippen molar-refractivity contribution in [3.8, 4) is 0 Å². The van der Waals surface area contributed by atoms with Gasteiger partial charge < -0.3 is 14.4 Å². The predicted octanol–water partition coefficient (Wildman–Crippen LogP) is 1.49. The van der Waals surface area contributed by atoms with Crippen LogP contribution in [-0.2, 0) is 14.3 Å². The zero-order valence-corrected chi connectivity index (χ0v) is 12.9. The minimum atomic E-state index is -0.255. The summed E-state index contributed by atoms with van der Waals surface area (Å²) in [6.45, 7) is 7.95. The van der Waals surface area contributed by atoms with Crippen LogP contribution in [0.15, 0.2) is 0 Å². The van der Waals surface area contributed by atoms with E-state index in [2.05, 4.69) is 11.8 Å². The molecule has 0 radical (unpaired) electrons. The summed E-state index contributed by atoms with van der Waals surface area (Å²) in [7, 11) is 1.39. The first kappa shape index (κ1) is 16.8. The maximum atomic E-state index is 11.9. The second-order valence-electron chi connectivity index (χ2n) is 5.32. The molecule has 0 bridgehead atoms. The third-order valence-corrected chi connectivity index (χ3v) is 3.62. The molecule has 6 nitrogen and oxygen atoms in total. The van der Waals surface area contributed by atoms with E-state index < -0.39 is 0 Å². The summed E-state index contributed by atoms with van der Waals surface area (Å²) < 4.78 is 9.94. The molecule has 0 spiro atoms. The predicted molar refractivity (Wildman–Crippen MR) is 75.5 cm³/mol. The highest BCUT2D eigenvalue weighted by molar-refractivity contribution is 5.72. The molecule has 20 heavy (non-hydrogen) atoms. The number of esters is 1. The number of ether oxygens (including phenoxy) is 2. The average molecular weight is 286 g/mol. The number of hydrogen-bond donors (Lipinski definition) is 0. The van der Waals surface area contributed by atoms with Crippen molar-refractivity contribution in [2.75, 3.05) is 33.4 Å². The van der Waals surface area contributed by atoms with Crippen LogP contribution in [-0.4, -0.2) is 67.3 Å². The molecular weight excluding hydrogens is 260 g/mol. The van der Waals surface area contributed by atoms with E-state index in [1.807, 2.05) is 13.8 Å². The van der Waals surface area contributed by atoms with Gasteiger partial charge in [0.1, 0.15) is 0 Å². The number of piperazine rings is 1. The number of rotatable bonds is 5. The molecule has 1 amide bonds. The second kappa shape index (κ2) is 8.09. The largest absolute Gasteiger partial charge is 0.468 e. The van der Waals surface area contributed by atoms with Gasteiger partial charge in [-0.25, -0.2) is 4.79 Å². The lowest BCUT2D eigenvalue weighted by Crippen LogP contribution is -2.59. The van der Waals surface area contributed by atoms with E-state index in [-0.39, 0.29) is 30.7 Å². The molecule has 1 fully saturated rings. The third-order valence-electron chi connectivity index (χ3n) is 3.62. The summed E-state index contributed by atoms with van der Waals surface area (Å²) in [5.74, 6) is -0.248. The molecule has 1 aliphatic heterocycles. The standard InChI is InChI=1S/C14H26N2O4/c1-5-6-7-20-14(18)15-8-11(2)16(12(3)9-15)10-13(17)19-4/h11-12H,5-10H2,1-4H3/t11-,12+. The Bertz CT molecular complexity index is 323. The molecule has 0 aromatic carbocycles. The van der Waals surface area contributed by atoms with E-state index in [0.717, 1.165) is 12.8 Å². The fourth-order valence-electron chi connectivity index (χ4n) is 2.43. The Morgan fingerprint density at radius 1 is 1.20 bits per heavy atom. The molecule has 1 heterocycles. The molecule has 116 valence electrons. The van der Waals surface area contributed by atoms with Crippen molar-refractivity contribution in [1.82, 2.24) is 9.80 Å². The Balaban J connectivity index is 2.50. The Kier molecular flexibility index (Phi) is 6.78. The smallest absolute Gasteiger partial charge is 0.409 e. The van der Waals surface area contributed by atoms with Crippen molar-refractivity contribution in [3.05, 3.63) is 0 Å². The summed E-state index contributed by atoms with van der Waals surface area (Å²) >= 11 is 0. The van der Waals surface area contributed by atoms with Crippen LogP contribution in [0.25, 0.3) is 0 Å². The van der Waals surface area contributed by atoms with Gasteiger partial charge in [0.25, 0.3) is 0 Å². The fourth-order valence-corrected chi connectivity index (χ4v) is 2.43. The third kappa shape index (κ3) is 4.67. The number of carbonyl (C=O) groups is 2. The van der Waals surface area contributed by atoms with Gasteiger partial charge in [-0.3, -0.25) is 9.69 Å². The van der Waals surface area contributed by atoms with Gasteiger partial charge in [-0.15, -0.1) is 0 Å². The number of carbonyl (C=O) groups excluding carboxylic acids is 2. The van der Waals surface area contributed by atoms with Gasteiger partial charge in [-0.2, -0.15) is 0 Å². The zero-order chi connectivity index (χ0) is 15.1. The molecule has 0 saturated carbocycles. The minimum Gasteiger partial charge on any atom is -0.468 e. The van der Waals surface area contributed by atoms with Crippen LogP contribution in [0.4, 0.5) is 4.79 Å². The van der Waals surface area contributed by atoms with Crippen LogP contribution in [0.2, 0.25) is 0 Å². The van der Waals surface area contributed by atoms with Gasteiger partial charge in [0.15, 0.2) is 0 Å². The van der Waals surface area contributed by atoms with Crippen LogP contribution in [0.1, 0.15) is 33.6 Å². The summed E-state index contributed by atoms with van der Waals surface area (Å²) in [5.41, 5.74) is 0. The zero-order valence-electron chi connectivity index (χ0n) is 12.9. The van der Waals surface area contributed by atoms with Crippen molar-refractivity contribution < 1.29 is 19.1 Å². The summed E-state index contributed by atoms with van der Waals surface area (Å²) in [4.78, 5) is 27.1. The van der Waals surface area contributed by atoms with Crippen LogP contribution in [0, 0.1) is 0 Å². The Hall–Kier alpha value is -1.30. The number of nitrogens with zero attached hydrogens (tertiary/aromatic N) is 2. The van der Waals surface area contributed by atoms with Gasteiger partial charge in [-0.05, 0) is 20.3 Å². The van der Waals surface area contributed by atoms with E-state index in [1.165, 1.54) is 7.11 Å². The first-order valence-electron chi connectivity index (χ1n) is 7.23. The lowest BCUT2D eigenvalue weighted by Gasteiger charge is -2.43. The van der Waals surface area contributed by atoms with Crippen LogP contribution in [0.5, 0.6) is 0 Å². The average Bonchev–Trinajstić information content (AvgIpc) is 2.42. The van der Waals surface area contributed by atoms with Gasteiger partial charge in [-0.1, -0.05) is 13.3 Å². The van der Waals surface area contributed by atoms with Gasteiger partial charge in [0.05, 0.1) is 20.3 Å². The molecule has 0 N–H and O–H groups in total. The Labute approximate surface area is 121 Å². The normalized spacial score (nSPS) is 23.5. The van der Waals surface area contributed by atoms with E-state index in [9.17, 15) is 9.59 Å². The first-order chi connectivity index (χ1) is 9.49. The Morgan fingerprint density at radius 3 is 2.30 bits per heavy atom. The highest BCUT2D eigenvalue weighted by Gasteiger charge is 2.33. The van der Waals surface area contributed by atoms with Crippen LogP contribution in [0.3, 0.4) is 0 Å². The Morgan fingerprint density at radius 2 is 1.80 bits per heavy atom. The van der Waals surface area contributed by atoms with Crippen LogP contribution < -0.4 is 0 Å². The minimum absolute atomic E-state index is 0.108. The van der Waals surface area contributed by atoms with E-state index in [0.29, 0.717) is 19.7 Å². The number of hydrogen-bond acceptors (Lipinski definition) is 5. The molecule has 1 rings (SSSR count). The number of methoxy groups -OCH3 is 1. The number of amides is 1. The monoisotopic (exact) mass is 286 g/mol. The molecule has 0 aromatic rings. The van der Waals surface area contributed by atoms with Gasteiger partial charge in [0.2, 0.25) is 0 Å². The van der Waals surface area contributed by atoms with Crippen LogP contribution >= 0.6 is 0 Å². The SMILES string of the molecule is CCCCOC(=O)N1C[C@@H](C)N(CC(=O)OC)[C@@H](C)C1. The quantitative estimate of drug-likeness (QED) is 0.566. The van der Waals surface area contributed by atoms with Gasteiger partial charge >= 0.3 is 12.1 Å². The molecule has 2 atom stereocenters. The molecule has 6 heteroatoms. The second-order valence-corrected chi connectivity index (χ2v) is 5.32. The van der Waals surface area contributed by atoms with E-state index in [4.69, 9.17) is 9.47 Å². The van der Waals surface area contributed by atoms with Crippen molar-refractivity contribution in [1.29, 1.82) is 0 Å². The lowest BCUT2D eigenvalue weighted by atomic mass is 10.1. The maximum absolute atomic E-state index is 11.9. The molecule has 0 aromatic heterocycles. The lowest BCUT2D eigenvalue weighted by molar-refractivity contribution is -0.144. The van der Waals surface area contributed by atoms with E-state index >= 15 is 0 Å². The van der Waals surface area contributed by atoms with Crippen molar-refractivity contribution >= 4 is 12.1 Å². The molecule has 0 unspecified atom stereocenters. The highest BCUT2D eigenvalue weighted by atomic mass is 16.6. The summed E-state index contributed by atoms with van der Waals surface area (Å²) in [5, 5.41) is 0. The van der Waals surface area contributed by atoms with E-state index in [1.54, 1.807) is 4.90 Å². The van der Waals surface area contributed by atoms with Gasteiger partial charge in [0, 0.05) is 25.2 Å². The fraction of sp³-hybridized carbons (Fsp3) is 0.857. The first-order valence-corrected chi connectivity index (χ1v) is 7.23. The molecule has 1 saturated heterocycles. The van der Waals surface area contributed by atoms with Crippen molar-refractivity contribution in [2.24, 2.45) is 0 Å². The molecule has 0 aliphatic carbocycles. The topological polar surface area (TPSA) is 59.1 Å². The maximum Gasteiger partial charge on any atom is 0.409 e. The van der Waals surface area contributed by atoms with Crippen molar-refractivity contribution in [2.45, 2.75) is 45.7 Å². The summed E-state index contributed by atoms with van der Waals surface area (Å²) in [6, 6.07) is 0.216. The molecule has 1 aliphatic rings.